The van der Waals surface area contributed by atoms with Gasteiger partial charge in [-0.25, -0.2) is 13.6 Å². The van der Waals surface area contributed by atoms with Crippen LogP contribution in [-0.2, 0) is 17.1 Å². The molecule has 0 spiro atoms. The lowest BCUT2D eigenvalue weighted by Crippen LogP contribution is -2.53. The number of hydrogen-bond acceptors (Lipinski definition) is 5. The quantitative estimate of drug-likeness (QED) is 0.624. The van der Waals surface area contributed by atoms with Crippen molar-refractivity contribution in [2.45, 2.75) is 49.9 Å². The lowest BCUT2D eigenvalue weighted by atomic mass is 9.84. The summed E-state index contributed by atoms with van der Waals surface area (Å²) in [4.78, 5) is 21.5. The maximum absolute atomic E-state index is 13.7. The molecule has 5 rings (SSSR count). The lowest BCUT2D eigenvalue weighted by molar-refractivity contribution is 0.0174. The van der Waals surface area contributed by atoms with Crippen LogP contribution in [0.3, 0.4) is 0 Å². The van der Waals surface area contributed by atoms with Gasteiger partial charge in [-0.15, -0.1) is 0 Å². The number of piperidine rings is 1. The molecule has 1 aromatic carbocycles. The van der Waals surface area contributed by atoms with Gasteiger partial charge in [0, 0.05) is 37.4 Å². The number of carbonyl (C=O) groups is 1. The van der Waals surface area contributed by atoms with Gasteiger partial charge in [0.2, 0.25) is 5.89 Å². The molecule has 0 bridgehead atoms. The molecule has 7 nitrogen and oxygen atoms in total. The van der Waals surface area contributed by atoms with Crippen molar-refractivity contribution < 1.29 is 22.7 Å². The Morgan fingerprint density at radius 1 is 1.09 bits per heavy atom. The smallest absolute Gasteiger partial charge is 0.320 e. The minimum atomic E-state index is -2.90. The van der Waals surface area contributed by atoms with Crippen molar-refractivity contribution in [3.8, 4) is 0 Å². The molecule has 2 aromatic rings. The maximum atomic E-state index is 13.7. The predicted octanol–water partition coefficient (Wildman–Crippen LogP) is 3.82. The van der Waals surface area contributed by atoms with Crippen LogP contribution in [0.5, 0.6) is 0 Å². The number of halogens is 2. The first kappa shape index (κ1) is 22.6. The van der Waals surface area contributed by atoms with Crippen molar-refractivity contribution in [1.82, 2.24) is 19.9 Å². The molecule has 2 atom stereocenters. The molecule has 2 unspecified atom stereocenters. The SMILES string of the molecule is CC(F)(F)c1ccc(C2CC(c3nc(C4CC4)no3)CN(C(=O)N3CC[S+]([O-])CC3)C2)cc1. The van der Waals surface area contributed by atoms with Crippen LogP contribution in [0.4, 0.5) is 13.6 Å². The average molecular weight is 479 g/mol. The lowest BCUT2D eigenvalue weighted by Gasteiger charge is -2.40. The molecular weight excluding hydrogens is 450 g/mol. The summed E-state index contributed by atoms with van der Waals surface area (Å²) in [5.74, 6) is -0.430. The van der Waals surface area contributed by atoms with E-state index in [9.17, 15) is 18.1 Å². The molecule has 10 heteroatoms. The van der Waals surface area contributed by atoms with Crippen molar-refractivity contribution >= 4 is 17.2 Å². The standard InChI is InChI=1S/C23H28F2N4O3S/c1-23(24,25)19-6-4-15(5-7-19)17-12-18(21-26-20(27-32-21)16-2-3-16)14-29(13-17)22(30)28-8-10-33(31)11-9-28/h4-7,16-18H,2-3,8-14H2,1H3. The monoisotopic (exact) mass is 478 g/mol. The topological polar surface area (TPSA) is 85.5 Å². The van der Waals surface area contributed by atoms with Gasteiger partial charge in [0.15, 0.2) is 5.82 Å². The van der Waals surface area contributed by atoms with E-state index in [0.717, 1.165) is 31.2 Å². The minimum Gasteiger partial charge on any atom is -0.616 e. The van der Waals surface area contributed by atoms with Gasteiger partial charge in [-0.2, -0.15) is 4.98 Å². The van der Waals surface area contributed by atoms with E-state index in [1.54, 1.807) is 21.9 Å². The summed E-state index contributed by atoms with van der Waals surface area (Å²) < 4.78 is 44.7. The summed E-state index contributed by atoms with van der Waals surface area (Å²) in [6.45, 7) is 2.79. The highest BCUT2D eigenvalue weighted by Crippen LogP contribution is 2.41. The second-order valence-corrected chi connectivity index (χ2v) is 11.1. The van der Waals surface area contributed by atoms with Crippen LogP contribution in [-0.4, -0.2) is 68.2 Å². The second kappa shape index (κ2) is 8.87. The van der Waals surface area contributed by atoms with Gasteiger partial charge in [0.25, 0.3) is 5.92 Å². The molecule has 0 radical (unpaired) electrons. The first-order valence-corrected chi connectivity index (χ1v) is 13.0. The summed E-state index contributed by atoms with van der Waals surface area (Å²) in [5.41, 5.74) is 0.881. The Morgan fingerprint density at radius 3 is 2.39 bits per heavy atom. The third-order valence-corrected chi connectivity index (χ3v) is 8.08. The number of hydrogen-bond donors (Lipinski definition) is 0. The van der Waals surface area contributed by atoms with E-state index in [-0.39, 0.29) is 23.4 Å². The van der Waals surface area contributed by atoms with Crippen molar-refractivity contribution in [3.05, 3.63) is 47.1 Å². The number of alkyl halides is 2. The zero-order valence-electron chi connectivity index (χ0n) is 18.6. The number of rotatable bonds is 4. The van der Waals surface area contributed by atoms with Gasteiger partial charge in [-0.1, -0.05) is 40.6 Å². The van der Waals surface area contributed by atoms with E-state index in [0.29, 0.717) is 55.9 Å². The number of aromatic nitrogens is 2. The normalized spacial score (nSPS) is 24.8. The number of nitrogens with zero attached hydrogens (tertiary/aromatic N) is 4. The fraction of sp³-hybridized carbons (Fsp3) is 0.609. The van der Waals surface area contributed by atoms with E-state index in [4.69, 9.17) is 4.52 Å². The zero-order chi connectivity index (χ0) is 23.2. The van der Waals surface area contributed by atoms with Gasteiger partial charge in [-0.05, 0) is 24.8 Å². The first-order chi connectivity index (χ1) is 15.8. The molecule has 2 aliphatic heterocycles. The van der Waals surface area contributed by atoms with Crippen molar-refractivity contribution in [2.75, 3.05) is 37.7 Å². The summed E-state index contributed by atoms with van der Waals surface area (Å²) in [6.07, 6.45) is 2.84. The highest BCUT2D eigenvalue weighted by atomic mass is 32.2. The van der Waals surface area contributed by atoms with E-state index in [1.807, 2.05) is 0 Å². The van der Waals surface area contributed by atoms with Crippen LogP contribution < -0.4 is 0 Å². The molecule has 1 aliphatic carbocycles. The Morgan fingerprint density at radius 2 is 1.76 bits per heavy atom. The van der Waals surface area contributed by atoms with Gasteiger partial charge in [0.05, 0.1) is 19.0 Å². The van der Waals surface area contributed by atoms with Gasteiger partial charge >= 0.3 is 6.03 Å². The van der Waals surface area contributed by atoms with E-state index < -0.39 is 17.1 Å². The molecule has 3 fully saturated rings. The molecule has 0 N–H and O–H groups in total. The Balaban J connectivity index is 1.38. The van der Waals surface area contributed by atoms with Gasteiger partial charge < -0.3 is 18.9 Å². The van der Waals surface area contributed by atoms with Crippen molar-refractivity contribution in [3.63, 3.8) is 0 Å². The highest BCUT2D eigenvalue weighted by Gasteiger charge is 2.38. The van der Waals surface area contributed by atoms with Crippen molar-refractivity contribution in [1.29, 1.82) is 0 Å². The number of carbonyl (C=O) groups excluding carboxylic acids is 1. The summed E-state index contributed by atoms with van der Waals surface area (Å²) in [5, 5.41) is 4.14. The van der Waals surface area contributed by atoms with E-state index in [2.05, 4.69) is 10.1 Å². The summed E-state index contributed by atoms with van der Waals surface area (Å²) in [6, 6.07) is 6.30. The van der Waals surface area contributed by atoms with E-state index >= 15 is 0 Å². The van der Waals surface area contributed by atoms with Crippen LogP contribution in [0.25, 0.3) is 0 Å². The average Bonchev–Trinajstić information content (AvgIpc) is 3.54. The molecule has 3 heterocycles. The Kier molecular flexibility index (Phi) is 6.07. The third kappa shape index (κ3) is 5.01. The fourth-order valence-electron chi connectivity index (χ4n) is 4.67. The van der Waals surface area contributed by atoms with Crippen LogP contribution >= 0.6 is 0 Å². The van der Waals surface area contributed by atoms with Gasteiger partial charge in [0.1, 0.15) is 11.5 Å². The number of urea groups is 1. The second-order valence-electron chi connectivity index (χ2n) is 9.43. The number of benzene rings is 1. The van der Waals surface area contributed by atoms with E-state index in [1.165, 1.54) is 12.1 Å². The number of amides is 2. The molecule has 3 aliphatic rings. The molecular formula is C23H28F2N4O3S. The minimum absolute atomic E-state index is 0.0289. The fourth-order valence-corrected chi connectivity index (χ4v) is 5.73. The number of likely N-dealkylation sites (tertiary alicyclic amines) is 1. The summed E-state index contributed by atoms with van der Waals surface area (Å²) >= 11 is -0.868. The highest BCUT2D eigenvalue weighted by molar-refractivity contribution is 7.91. The van der Waals surface area contributed by atoms with Crippen LogP contribution in [0.2, 0.25) is 0 Å². The molecule has 2 amide bonds. The third-order valence-electron chi connectivity index (χ3n) is 6.81. The summed E-state index contributed by atoms with van der Waals surface area (Å²) in [7, 11) is 0. The van der Waals surface area contributed by atoms with Crippen LogP contribution in [0, 0.1) is 0 Å². The Bertz CT molecular complexity index is 984. The maximum Gasteiger partial charge on any atom is 0.320 e. The Hall–Kier alpha value is -2.20. The molecule has 33 heavy (non-hydrogen) atoms. The molecule has 178 valence electrons. The van der Waals surface area contributed by atoms with Gasteiger partial charge in [-0.3, -0.25) is 0 Å². The van der Waals surface area contributed by atoms with Crippen LogP contribution in [0.15, 0.2) is 28.8 Å². The molecule has 1 saturated carbocycles. The first-order valence-electron chi connectivity index (χ1n) is 11.5. The predicted molar refractivity (Wildman–Crippen MR) is 119 cm³/mol. The Labute approximate surface area is 194 Å². The molecule has 2 saturated heterocycles. The largest absolute Gasteiger partial charge is 0.616 e. The van der Waals surface area contributed by atoms with Crippen molar-refractivity contribution in [2.24, 2.45) is 0 Å². The van der Waals surface area contributed by atoms with Crippen LogP contribution in [0.1, 0.15) is 66.8 Å². The zero-order valence-corrected chi connectivity index (χ0v) is 19.4. The molecule has 1 aromatic heterocycles.